The highest BCUT2D eigenvalue weighted by molar-refractivity contribution is 7.18. The van der Waals surface area contributed by atoms with Crippen molar-refractivity contribution in [3.05, 3.63) is 60.2 Å². The van der Waals surface area contributed by atoms with Crippen LogP contribution in [0, 0.1) is 0 Å². The third-order valence-corrected chi connectivity index (χ3v) is 5.49. The molecule has 0 radical (unpaired) electrons. The van der Waals surface area contributed by atoms with Crippen LogP contribution in [0.5, 0.6) is 11.5 Å². The van der Waals surface area contributed by atoms with E-state index in [4.69, 9.17) is 9.47 Å². The van der Waals surface area contributed by atoms with E-state index >= 15 is 0 Å². The molecule has 2 aromatic carbocycles. The predicted octanol–water partition coefficient (Wildman–Crippen LogP) is 5.07. The number of methoxy groups -OCH3 is 2. The molecular weight excluding hydrogens is 398 g/mol. The number of aromatic nitrogens is 2. The molecule has 0 aliphatic rings. The fourth-order valence-electron chi connectivity index (χ4n) is 2.85. The van der Waals surface area contributed by atoms with E-state index in [1.807, 2.05) is 54.6 Å². The third-order valence-electron chi connectivity index (χ3n) is 4.49. The van der Waals surface area contributed by atoms with Gasteiger partial charge in [0.2, 0.25) is 5.13 Å². The first kappa shape index (κ1) is 21.5. The Morgan fingerprint density at radius 3 is 2.53 bits per heavy atom. The molecule has 0 saturated heterocycles. The number of benzene rings is 2. The fourth-order valence-corrected chi connectivity index (χ4v) is 3.72. The van der Waals surface area contributed by atoms with E-state index < -0.39 is 0 Å². The van der Waals surface area contributed by atoms with Crippen molar-refractivity contribution in [3.63, 3.8) is 0 Å². The molecule has 6 nitrogen and oxygen atoms in total. The summed E-state index contributed by atoms with van der Waals surface area (Å²) in [5.74, 6) is 1.16. The second-order valence-electron chi connectivity index (χ2n) is 6.55. The second kappa shape index (κ2) is 10.5. The van der Waals surface area contributed by atoms with Gasteiger partial charge in [-0.05, 0) is 36.3 Å². The molecule has 0 fully saturated rings. The summed E-state index contributed by atoms with van der Waals surface area (Å²) in [7, 11) is 3.19. The summed E-state index contributed by atoms with van der Waals surface area (Å²) >= 11 is 1.38. The summed E-state index contributed by atoms with van der Waals surface area (Å²) in [6.07, 6.45) is 5.27. The lowest BCUT2D eigenvalue weighted by Crippen LogP contribution is -2.30. The predicted molar refractivity (Wildman–Crippen MR) is 121 cm³/mol. The topological polar surface area (TPSA) is 64.6 Å². The Morgan fingerprint density at radius 2 is 1.83 bits per heavy atom. The standard InChI is InChI=1S/C23H25N3O3S/c1-4-5-15-26(21(27)14-11-17-9-7-6-8-10-17)23-25-24-22(30-23)18-12-13-19(28-2)20(16-18)29-3/h6-14,16H,4-5,15H2,1-3H3. The van der Waals surface area contributed by atoms with Gasteiger partial charge in [0.05, 0.1) is 14.2 Å². The monoisotopic (exact) mass is 423 g/mol. The highest BCUT2D eigenvalue weighted by Gasteiger charge is 2.19. The van der Waals surface area contributed by atoms with Crippen molar-refractivity contribution in [1.82, 2.24) is 10.2 Å². The zero-order valence-corrected chi connectivity index (χ0v) is 18.2. The van der Waals surface area contributed by atoms with Crippen LogP contribution < -0.4 is 14.4 Å². The molecule has 1 heterocycles. The number of carbonyl (C=O) groups is 1. The Kier molecular flexibility index (Phi) is 7.57. The first-order valence-electron chi connectivity index (χ1n) is 9.76. The molecule has 0 atom stereocenters. The molecule has 0 N–H and O–H groups in total. The molecule has 3 rings (SSSR count). The van der Waals surface area contributed by atoms with Gasteiger partial charge >= 0.3 is 0 Å². The molecule has 7 heteroatoms. The average molecular weight is 424 g/mol. The van der Waals surface area contributed by atoms with Crippen LogP contribution >= 0.6 is 11.3 Å². The molecule has 0 saturated carbocycles. The molecule has 156 valence electrons. The first-order valence-corrected chi connectivity index (χ1v) is 10.6. The minimum atomic E-state index is -0.109. The molecular formula is C23H25N3O3S. The normalized spacial score (nSPS) is 10.9. The Labute approximate surface area is 180 Å². The van der Waals surface area contributed by atoms with E-state index in [-0.39, 0.29) is 5.91 Å². The van der Waals surface area contributed by atoms with Gasteiger partial charge in [-0.2, -0.15) is 0 Å². The number of rotatable bonds is 9. The first-order chi connectivity index (χ1) is 14.7. The zero-order chi connectivity index (χ0) is 21.3. The van der Waals surface area contributed by atoms with Gasteiger partial charge in [-0.15, -0.1) is 10.2 Å². The van der Waals surface area contributed by atoms with Gasteiger partial charge in [0, 0.05) is 18.2 Å². The van der Waals surface area contributed by atoms with Gasteiger partial charge in [0.15, 0.2) is 11.5 Å². The quantitative estimate of drug-likeness (QED) is 0.450. The van der Waals surface area contributed by atoms with Crippen molar-refractivity contribution in [2.24, 2.45) is 0 Å². The van der Waals surface area contributed by atoms with Crippen molar-refractivity contribution in [2.45, 2.75) is 19.8 Å². The molecule has 1 amide bonds. The number of hydrogen-bond donors (Lipinski definition) is 0. The maximum Gasteiger partial charge on any atom is 0.252 e. The SMILES string of the molecule is CCCCN(C(=O)C=Cc1ccccc1)c1nnc(-c2ccc(OC)c(OC)c2)s1. The van der Waals surface area contributed by atoms with Crippen molar-refractivity contribution in [1.29, 1.82) is 0 Å². The van der Waals surface area contributed by atoms with Crippen molar-refractivity contribution < 1.29 is 14.3 Å². The molecule has 3 aromatic rings. The minimum absolute atomic E-state index is 0.109. The molecule has 1 aromatic heterocycles. The largest absolute Gasteiger partial charge is 0.493 e. The Hall–Kier alpha value is -3.19. The number of carbonyl (C=O) groups excluding carboxylic acids is 1. The summed E-state index contributed by atoms with van der Waals surface area (Å²) in [4.78, 5) is 14.6. The lowest BCUT2D eigenvalue weighted by Gasteiger charge is -2.17. The van der Waals surface area contributed by atoms with Gasteiger partial charge < -0.3 is 9.47 Å². The maximum absolute atomic E-state index is 12.9. The van der Waals surface area contributed by atoms with Crippen LogP contribution in [0.25, 0.3) is 16.6 Å². The molecule has 0 unspecified atom stereocenters. The van der Waals surface area contributed by atoms with Crippen LogP contribution in [0.2, 0.25) is 0 Å². The van der Waals surface area contributed by atoms with Crippen LogP contribution in [-0.2, 0) is 4.79 Å². The second-order valence-corrected chi connectivity index (χ2v) is 7.50. The maximum atomic E-state index is 12.9. The Morgan fingerprint density at radius 1 is 1.07 bits per heavy atom. The number of hydrogen-bond acceptors (Lipinski definition) is 6. The van der Waals surface area contributed by atoms with Gasteiger partial charge in [-0.25, -0.2) is 0 Å². The van der Waals surface area contributed by atoms with E-state index in [0.717, 1.165) is 24.0 Å². The van der Waals surface area contributed by atoms with E-state index in [9.17, 15) is 4.79 Å². The number of ether oxygens (including phenoxy) is 2. The van der Waals surface area contributed by atoms with Crippen LogP contribution in [0.1, 0.15) is 25.3 Å². The van der Waals surface area contributed by atoms with Crippen molar-refractivity contribution in [3.8, 4) is 22.1 Å². The van der Waals surface area contributed by atoms with Gasteiger partial charge in [-0.3, -0.25) is 9.69 Å². The molecule has 30 heavy (non-hydrogen) atoms. The molecule has 0 aliphatic carbocycles. The number of amides is 1. The molecule has 0 spiro atoms. The third kappa shape index (κ3) is 5.24. The minimum Gasteiger partial charge on any atom is -0.493 e. The van der Waals surface area contributed by atoms with E-state index in [0.29, 0.717) is 28.2 Å². The molecule has 0 aliphatic heterocycles. The smallest absolute Gasteiger partial charge is 0.252 e. The summed E-state index contributed by atoms with van der Waals surface area (Å²) in [5, 5.41) is 9.88. The van der Waals surface area contributed by atoms with Gasteiger partial charge in [0.25, 0.3) is 5.91 Å². The fraction of sp³-hybridized carbons (Fsp3) is 0.261. The van der Waals surface area contributed by atoms with Crippen LogP contribution in [0.15, 0.2) is 54.6 Å². The van der Waals surface area contributed by atoms with E-state index in [1.165, 1.54) is 11.3 Å². The van der Waals surface area contributed by atoms with Crippen LogP contribution in [-0.4, -0.2) is 36.9 Å². The average Bonchev–Trinajstić information content (AvgIpc) is 3.28. The van der Waals surface area contributed by atoms with E-state index in [1.54, 1.807) is 25.2 Å². The van der Waals surface area contributed by atoms with Crippen LogP contribution in [0.4, 0.5) is 5.13 Å². The zero-order valence-electron chi connectivity index (χ0n) is 17.4. The lowest BCUT2D eigenvalue weighted by molar-refractivity contribution is -0.114. The Balaban J connectivity index is 1.84. The lowest BCUT2D eigenvalue weighted by atomic mass is 10.2. The van der Waals surface area contributed by atoms with Gasteiger partial charge in [0.1, 0.15) is 5.01 Å². The van der Waals surface area contributed by atoms with Gasteiger partial charge in [-0.1, -0.05) is 55.0 Å². The summed E-state index contributed by atoms with van der Waals surface area (Å²) in [6.45, 7) is 2.69. The Bertz CT molecular complexity index is 1000. The summed E-state index contributed by atoms with van der Waals surface area (Å²) < 4.78 is 10.7. The highest BCUT2D eigenvalue weighted by atomic mass is 32.1. The summed E-state index contributed by atoms with van der Waals surface area (Å²) in [6, 6.07) is 15.3. The molecule has 0 bridgehead atoms. The number of anilines is 1. The number of unbranched alkanes of at least 4 members (excludes halogenated alkanes) is 1. The highest BCUT2D eigenvalue weighted by Crippen LogP contribution is 2.35. The van der Waals surface area contributed by atoms with Crippen molar-refractivity contribution in [2.75, 3.05) is 25.7 Å². The van der Waals surface area contributed by atoms with Crippen molar-refractivity contribution >= 4 is 28.5 Å². The number of nitrogens with zero attached hydrogens (tertiary/aromatic N) is 3. The summed E-state index contributed by atoms with van der Waals surface area (Å²) in [5.41, 5.74) is 1.84. The van der Waals surface area contributed by atoms with E-state index in [2.05, 4.69) is 17.1 Å². The van der Waals surface area contributed by atoms with Crippen LogP contribution in [0.3, 0.4) is 0 Å².